The lowest BCUT2D eigenvalue weighted by molar-refractivity contribution is -0.119. The number of benzene rings is 1. The van der Waals surface area contributed by atoms with Crippen LogP contribution >= 0.6 is 23.4 Å². The highest BCUT2D eigenvalue weighted by Gasteiger charge is 2.21. The first-order valence-corrected chi connectivity index (χ1v) is 9.65. The van der Waals surface area contributed by atoms with Crippen LogP contribution in [0.25, 0.3) is 11.4 Å². The Morgan fingerprint density at radius 3 is 2.88 bits per heavy atom. The summed E-state index contributed by atoms with van der Waals surface area (Å²) >= 11 is 7.47. The zero-order valence-electron chi connectivity index (χ0n) is 13.9. The van der Waals surface area contributed by atoms with Gasteiger partial charge in [0.2, 0.25) is 11.9 Å². The van der Waals surface area contributed by atoms with E-state index in [1.54, 1.807) is 11.8 Å². The first-order valence-electron chi connectivity index (χ1n) is 7.88. The van der Waals surface area contributed by atoms with Gasteiger partial charge in [-0.25, -0.2) is 4.39 Å². The molecule has 0 aliphatic carbocycles. The number of anilines is 1. The lowest BCUT2D eigenvalue weighted by atomic mass is 10.2. The van der Waals surface area contributed by atoms with Crippen molar-refractivity contribution in [2.24, 2.45) is 0 Å². The molecule has 0 bridgehead atoms. The minimum Gasteiger partial charge on any atom is -0.342 e. The van der Waals surface area contributed by atoms with Gasteiger partial charge in [-0.05, 0) is 48.8 Å². The van der Waals surface area contributed by atoms with Crippen molar-refractivity contribution in [1.82, 2.24) is 19.7 Å². The maximum Gasteiger partial charge on any atom is 0.249 e. The molecule has 1 unspecified atom stereocenters. The molecule has 2 aromatic heterocycles. The molecule has 3 aromatic rings. The average Bonchev–Trinajstić information content (AvgIpc) is 3.30. The van der Waals surface area contributed by atoms with Gasteiger partial charge in [0.15, 0.2) is 5.82 Å². The van der Waals surface area contributed by atoms with Crippen LogP contribution in [0.1, 0.15) is 12.5 Å². The summed E-state index contributed by atoms with van der Waals surface area (Å²) in [5.74, 6) is 0.698. The summed E-state index contributed by atoms with van der Waals surface area (Å²) in [5.41, 5.74) is 0.578. The molecule has 26 heavy (non-hydrogen) atoms. The molecule has 0 fully saturated rings. The first-order chi connectivity index (χ1) is 12.6. The number of aromatic nitrogens is 4. The third-order valence-electron chi connectivity index (χ3n) is 3.80. The highest BCUT2D eigenvalue weighted by molar-refractivity contribution is 7.98. The fourth-order valence-corrected chi connectivity index (χ4v) is 3.12. The summed E-state index contributed by atoms with van der Waals surface area (Å²) in [7, 11) is 0. The van der Waals surface area contributed by atoms with Crippen molar-refractivity contribution >= 4 is 35.2 Å². The van der Waals surface area contributed by atoms with E-state index < -0.39 is 5.82 Å². The van der Waals surface area contributed by atoms with Gasteiger partial charge in [0.25, 0.3) is 0 Å². The Bertz CT molecular complexity index is 883. The van der Waals surface area contributed by atoms with Gasteiger partial charge < -0.3 is 4.57 Å². The highest BCUT2D eigenvalue weighted by Crippen LogP contribution is 2.23. The SMILES string of the molecule is CSCCC(C(=O)Nc1n[nH]c(-c2ccc(F)c(Cl)c2)n1)n1cccc1. The summed E-state index contributed by atoms with van der Waals surface area (Å²) in [6.45, 7) is 0. The Balaban J connectivity index is 1.74. The number of amides is 1. The van der Waals surface area contributed by atoms with E-state index in [2.05, 4.69) is 20.5 Å². The Kier molecular flexibility index (Phi) is 5.95. The summed E-state index contributed by atoms with van der Waals surface area (Å²) in [6.07, 6.45) is 6.40. The van der Waals surface area contributed by atoms with Crippen LogP contribution in [0, 0.1) is 5.82 Å². The quantitative estimate of drug-likeness (QED) is 0.636. The topological polar surface area (TPSA) is 75.6 Å². The van der Waals surface area contributed by atoms with Gasteiger partial charge in [-0.15, -0.1) is 5.10 Å². The molecule has 6 nitrogen and oxygen atoms in total. The molecular weight excluding hydrogens is 377 g/mol. The molecular formula is C17H17ClFN5OS. The normalized spacial score (nSPS) is 12.1. The number of halogens is 2. The molecule has 1 aromatic carbocycles. The molecule has 3 rings (SSSR count). The molecule has 0 radical (unpaired) electrons. The Labute approximate surface area is 159 Å². The van der Waals surface area contributed by atoms with Crippen molar-refractivity contribution in [3.63, 3.8) is 0 Å². The highest BCUT2D eigenvalue weighted by atomic mass is 35.5. The molecule has 136 valence electrons. The molecule has 0 aliphatic rings. The lowest BCUT2D eigenvalue weighted by Gasteiger charge is -2.17. The molecule has 2 N–H and O–H groups in total. The van der Waals surface area contributed by atoms with Crippen LogP contribution in [0.5, 0.6) is 0 Å². The van der Waals surface area contributed by atoms with Gasteiger partial charge in [-0.2, -0.15) is 16.7 Å². The van der Waals surface area contributed by atoms with Crippen molar-refractivity contribution < 1.29 is 9.18 Å². The second-order valence-electron chi connectivity index (χ2n) is 5.55. The fraction of sp³-hybridized carbons (Fsp3) is 0.235. The number of hydrogen-bond acceptors (Lipinski definition) is 4. The molecule has 9 heteroatoms. The average molecular weight is 394 g/mol. The van der Waals surface area contributed by atoms with Crippen molar-refractivity contribution in [3.05, 3.63) is 53.6 Å². The Hall–Kier alpha value is -2.32. The van der Waals surface area contributed by atoms with Crippen molar-refractivity contribution in [2.75, 3.05) is 17.3 Å². The Morgan fingerprint density at radius 2 is 2.19 bits per heavy atom. The number of nitrogens with one attached hydrogen (secondary N) is 2. The van der Waals surface area contributed by atoms with E-state index in [9.17, 15) is 9.18 Å². The van der Waals surface area contributed by atoms with Gasteiger partial charge >= 0.3 is 0 Å². The zero-order valence-corrected chi connectivity index (χ0v) is 15.5. The van der Waals surface area contributed by atoms with Gasteiger partial charge in [0, 0.05) is 18.0 Å². The number of rotatable bonds is 7. The number of thioether (sulfide) groups is 1. The van der Waals surface area contributed by atoms with Gasteiger partial charge in [0.1, 0.15) is 11.9 Å². The number of carbonyl (C=O) groups excluding carboxylic acids is 1. The maximum atomic E-state index is 13.3. The summed E-state index contributed by atoms with van der Waals surface area (Å²) in [4.78, 5) is 16.9. The summed E-state index contributed by atoms with van der Waals surface area (Å²) in [5, 5.41) is 9.45. The molecule has 2 heterocycles. The van der Waals surface area contributed by atoms with E-state index in [1.165, 1.54) is 18.2 Å². The largest absolute Gasteiger partial charge is 0.342 e. The van der Waals surface area contributed by atoms with E-state index in [-0.39, 0.29) is 22.9 Å². The predicted octanol–water partition coefficient (Wildman–Crippen LogP) is 4.00. The molecule has 1 amide bonds. The molecule has 0 saturated heterocycles. The number of carbonyl (C=O) groups is 1. The van der Waals surface area contributed by atoms with E-state index in [1.807, 2.05) is 35.3 Å². The summed E-state index contributed by atoms with van der Waals surface area (Å²) in [6, 6.07) is 7.65. The third kappa shape index (κ3) is 4.25. The molecule has 0 spiro atoms. The third-order valence-corrected chi connectivity index (χ3v) is 4.73. The van der Waals surface area contributed by atoms with E-state index >= 15 is 0 Å². The first kappa shape index (κ1) is 18.5. The number of H-pyrrole nitrogens is 1. The standard InChI is InChI=1S/C17H17ClFN5OS/c1-26-9-6-14(24-7-2-3-8-24)16(25)21-17-20-15(22-23-17)11-4-5-13(19)12(18)10-11/h2-5,7-8,10,14H,6,9H2,1H3,(H2,20,21,22,23,25). The summed E-state index contributed by atoms with van der Waals surface area (Å²) < 4.78 is 15.1. The molecule has 0 saturated carbocycles. The molecule has 0 aliphatic heterocycles. The van der Waals surface area contributed by atoms with E-state index in [4.69, 9.17) is 11.6 Å². The maximum absolute atomic E-state index is 13.3. The number of aromatic amines is 1. The smallest absolute Gasteiger partial charge is 0.249 e. The second-order valence-corrected chi connectivity index (χ2v) is 6.95. The van der Waals surface area contributed by atoms with E-state index in [0.717, 1.165) is 5.75 Å². The van der Waals surface area contributed by atoms with Crippen LogP contribution in [-0.2, 0) is 4.79 Å². The van der Waals surface area contributed by atoms with Crippen molar-refractivity contribution in [3.8, 4) is 11.4 Å². The van der Waals surface area contributed by atoms with Gasteiger partial charge in [-0.1, -0.05) is 11.6 Å². The minimum atomic E-state index is -0.508. The number of hydrogen-bond donors (Lipinski definition) is 2. The van der Waals surface area contributed by atoms with Crippen LogP contribution in [0.3, 0.4) is 0 Å². The van der Waals surface area contributed by atoms with Crippen LogP contribution < -0.4 is 5.32 Å². The lowest BCUT2D eigenvalue weighted by Crippen LogP contribution is -2.26. The van der Waals surface area contributed by atoms with Gasteiger partial charge in [-0.3, -0.25) is 15.2 Å². The van der Waals surface area contributed by atoms with Crippen LogP contribution in [0.2, 0.25) is 5.02 Å². The van der Waals surface area contributed by atoms with Crippen molar-refractivity contribution in [1.29, 1.82) is 0 Å². The van der Waals surface area contributed by atoms with Crippen LogP contribution in [-0.4, -0.2) is 37.7 Å². The van der Waals surface area contributed by atoms with Crippen molar-refractivity contribution in [2.45, 2.75) is 12.5 Å². The van der Waals surface area contributed by atoms with Gasteiger partial charge in [0.05, 0.1) is 5.02 Å². The Morgan fingerprint density at radius 1 is 1.42 bits per heavy atom. The van der Waals surface area contributed by atoms with Crippen LogP contribution in [0.15, 0.2) is 42.7 Å². The van der Waals surface area contributed by atoms with Crippen LogP contribution in [0.4, 0.5) is 10.3 Å². The predicted molar refractivity (Wildman–Crippen MR) is 102 cm³/mol. The monoisotopic (exact) mass is 393 g/mol. The fourth-order valence-electron chi connectivity index (χ4n) is 2.48. The zero-order chi connectivity index (χ0) is 18.5. The second kappa shape index (κ2) is 8.37. The number of nitrogens with zero attached hydrogens (tertiary/aromatic N) is 3. The molecule has 1 atom stereocenters. The minimum absolute atomic E-state index is 0.00535. The van der Waals surface area contributed by atoms with E-state index in [0.29, 0.717) is 17.8 Å².